The second-order valence-corrected chi connectivity index (χ2v) is 8.16. The average Bonchev–Trinajstić information content (AvgIpc) is 2.86. The molecule has 2 N–H and O–H groups in total. The van der Waals surface area contributed by atoms with E-state index in [-0.39, 0.29) is 6.04 Å². The van der Waals surface area contributed by atoms with Crippen molar-refractivity contribution in [1.29, 1.82) is 0 Å². The third-order valence-electron chi connectivity index (χ3n) is 2.37. The van der Waals surface area contributed by atoms with Crippen molar-refractivity contribution >= 4 is 54.5 Å². The number of nitrogens with zero attached hydrogens (tertiary/aromatic N) is 1. The Balaban J connectivity index is 2.27. The van der Waals surface area contributed by atoms with Gasteiger partial charge in [-0.1, -0.05) is 13.8 Å². The molecule has 1 unspecified atom stereocenters. The molecular weight excluding hydrogens is 384 g/mol. The Morgan fingerprint density at radius 3 is 2.53 bits per heavy atom. The van der Waals surface area contributed by atoms with Crippen LogP contribution < -0.4 is 5.73 Å². The van der Waals surface area contributed by atoms with Crippen LogP contribution in [0.1, 0.15) is 41.4 Å². The molecular formula is C11H12Br2N2S2. The lowest BCUT2D eigenvalue weighted by Gasteiger charge is -2.05. The molecule has 0 radical (unpaired) electrons. The monoisotopic (exact) mass is 394 g/mol. The fraction of sp³-hybridized carbons (Fsp3) is 0.364. The number of rotatable bonds is 3. The standard InChI is InChI=1S/C11H12Br2N2S2/c1-5(2)7-4-16-11(15-7)9(14)8-3-6(12)10(13)17-8/h3-5,9H,14H2,1-2H3. The number of thiophene rings is 1. The van der Waals surface area contributed by atoms with E-state index in [4.69, 9.17) is 5.73 Å². The van der Waals surface area contributed by atoms with Crippen LogP contribution in [0.3, 0.4) is 0 Å². The lowest BCUT2D eigenvalue weighted by Crippen LogP contribution is -2.10. The maximum absolute atomic E-state index is 6.23. The van der Waals surface area contributed by atoms with Gasteiger partial charge in [-0.3, -0.25) is 0 Å². The summed E-state index contributed by atoms with van der Waals surface area (Å²) in [6, 6.07) is 1.93. The normalized spacial score (nSPS) is 13.3. The molecule has 0 fully saturated rings. The molecule has 0 bridgehead atoms. The fourth-order valence-corrected chi connectivity index (χ4v) is 4.51. The van der Waals surface area contributed by atoms with Crippen LogP contribution >= 0.6 is 54.5 Å². The minimum atomic E-state index is -0.125. The van der Waals surface area contributed by atoms with Gasteiger partial charge in [0.15, 0.2) is 0 Å². The highest BCUT2D eigenvalue weighted by Gasteiger charge is 2.17. The van der Waals surface area contributed by atoms with Crippen molar-refractivity contribution < 1.29 is 0 Å². The van der Waals surface area contributed by atoms with Crippen LogP contribution in [0.25, 0.3) is 0 Å². The molecule has 2 aromatic rings. The fourth-order valence-electron chi connectivity index (χ4n) is 1.35. The zero-order chi connectivity index (χ0) is 12.6. The number of nitrogens with two attached hydrogens (primary N) is 1. The molecule has 17 heavy (non-hydrogen) atoms. The van der Waals surface area contributed by atoms with Crippen molar-refractivity contribution in [2.24, 2.45) is 5.73 Å². The first-order chi connectivity index (χ1) is 7.99. The highest BCUT2D eigenvalue weighted by Crippen LogP contribution is 2.37. The Labute approximate surface area is 126 Å². The Hall–Kier alpha value is 0.250. The van der Waals surface area contributed by atoms with E-state index in [9.17, 15) is 0 Å². The minimum absolute atomic E-state index is 0.125. The van der Waals surface area contributed by atoms with Crippen LogP contribution in [0.2, 0.25) is 0 Å². The van der Waals surface area contributed by atoms with Gasteiger partial charge in [-0.15, -0.1) is 22.7 Å². The first-order valence-corrected chi connectivity index (χ1v) is 8.43. The predicted molar refractivity (Wildman–Crippen MR) is 82.0 cm³/mol. The molecule has 92 valence electrons. The minimum Gasteiger partial charge on any atom is -0.318 e. The predicted octanol–water partition coefficient (Wildman–Crippen LogP) is 4.90. The van der Waals surface area contributed by atoms with Crippen LogP contribution in [0.4, 0.5) is 0 Å². The van der Waals surface area contributed by atoms with Crippen molar-refractivity contribution in [3.8, 4) is 0 Å². The largest absolute Gasteiger partial charge is 0.318 e. The van der Waals surface area contributed by atoms with Crippen molar-refractivity contribution in [1.82, 2.24) is 4.98 Å². The quantitative estimate of drug-likeness (QED) is 0.802. The molecule has 0 aliphatic rings. The Morgan fingerprint density at radius 2 is 2.06 bits per heavy atom. The lowest BCUT2D eigenvalue weighted by atomic mass is 10.2. The Morgan fingerprint density at radius 1 is 1.35 bits per heavy atom. The van der Waals surface area contributed by atoms with E-state index in [0.29, 0.717) is 5.92 Å². The van der Waals surface area contributed by atoms with E-state index >= 15 is 0 Å². The third-order valence-corrected chi connectivity index (χ3v) is 6.65. The van der Waals surface area contributed by atoms with Crippen LogP contribution in [0.15, 0.2) is 19.7 Å². The van der Waals surface area contributed by atoms with Gasteiger partial charge in [0.1, 0.15) is 5.01 Å². The average molecular weight is 396 g/mol. The number of halogens is 2. The molecule has 2 aromatic heterocycles. The van der Waals surface area contributed by atoms with Gasteiger partial charge in [0, 0.05) is 14.7 Å². The molecule has 0 aliphatic carbocycles. The van der Waals surface area contributed by atoms with E-state index in [0.717, 1.165) is 23.8 Å². The molecule has 0 aliphatic heterocycles. The van der Waals surface area contributed by atoms with Crippen LogP contribution in [-0.4, -0.2) is 4.98 Å². The van der Waals surface area contributed by atoms with Crippen molar-refractivity contribution in [2.75, 3.05) is 0 Å². The number of aromatic nitrogens is 1. The molecule has 1 atom stereocenters. The van der Waals surface area contributed by atoms with Gasteiger partial charge in [-0.05, 0) is 43.8 Å². The summed E-state index contributed by atoms with van der Waals surface area (Å²) < 4.78 is 2.12. The Kier molecular flexibility index (Phi) is 4.41. The summed E-state index contributed by atoms with van der Waals surface area (Å²) in [5.74, 6) is 0.453. The van der Waals surface area contributed by atoms with Gasteiger partial charge >= 0.3 is 0 Å². The van der Waals surface area contributed by atoms with Crippen LogP contribution in [-0.2, 0) is 0 Å². The van der Waals surface area contributed by atoms with Gasteiger partial charge in [-0.2, -0.15) is 0 Å². The first-order valence-electron chi connectivity index (χ1n) is 5.14. The van der Waals surface area contributed by atoms with Crippen LogP contribution in [0.5, 0.6) is 0 Å². The zero-order valence-corrected chi connectivity index (χ0v) is 14.2. The van der Waals surface area contributed by atoms with E-state index in [1.165, 1.54) is 0 Å². The lowest BCUT2D eigenvalue weighted by molar-refractivity contribution is 0.801. The topological polar surface area (TPSA) is 38.9 Å². The summed E-state index contributed by atoms with van der Waals surface area (Å²) in [6.45, 7) is 4.28. The first kappa shape index (κ1) is 13.7. The van der Waals surface area contributed by atoms with Crippen molar-refractivity contribution in [3.05, 3.63) is 35.3 Å². The summed E-state index contributed by atoms with van der Waals surface area (Å²) >= 11 is 10.2. The maximum Gasteiger partial charge on any atom is 0.115 e. The summed E-state index contributed by atoms with van der Waals surface area (Å²) in [7, 11) is 0. The molecule has 6 heteroatoms. The molecule has 0 saturated carbocycles. The highest BCUT2D eigenvalue weighted by molar-refractivity contribution is 9.13. The second-order valence-electron chi connectivity index (χ2n) is 4.01. The van der Waals surface area contributed by atoms with E-state index < -0.39 is 0 Å². The van der Waals surface area contributed by atoms with Gasteiger partial charge in [0.25, 0.3) is 0 Å². The molecule has 0 saturated heterocycles. The second kappa shape index (κ2) is 5.48. The number of thiazole rings is 1. The summed E-state index contributed by atoms with van der Waals surface area (Å²) in [4.78, 5) is 5.71. The summed E-state index contributed by atoms with van der Waals surface area (Å²) in [5.41, 5.74) is 7.35. The molecule has 2 heterocycles. The molecule has 0 aromatic carbocycles. The van der Waals surface area contributed by atoms with E-state index in [2.05, 4.69) is 62.1 Å². The van der Waals surface area contributed by atoms with Gasteiger partial charge in [0.05, 0.1) is 15.5 Å². The summed E-state index contributed by atoms with van der Waals surface area (Å²) in [5, 5.41) is 3.08. The van der Waals surface area contributed by atoms with Crippen molar-refractivity contribution in [3.63, 3.8) is 0 Å². The Bertz CT molecular complexity index is 500. The number of hydrogen-bond donors (Lipinski definition) is 1. The molecule has 0 amide bonds. The van der Waals surface area contributed by atoms with Gasteiger partial charge < -0.3 is 5.73 Å². The van der Waals surface area contributed by atoms with Gasteiger partial charge in [-0.25, -0.2) is 4.98 Å². The van der Waals surface area contributed by atoms with Gasteiger partial charge in [0.2, 0.25) is 0 Å². The molecule has 0 spiro atoms. The zero-order valence-electron chi connectivity index (χ0n) is 9.41. The molecule has 2 nitrogen and oxygen atoms in total. The maximum atomic E-state index is 6.23. The van der Waals surface area contributed by atoms with Crippen molar-refractivity contribution in [2.45, 2.75) is 25.8 Å². The smallest absolute Gasteiger partial charge is 0.115 e. The SMILES string of the molecule is CC(C)c1csc(C(N)c2cc(Br)c(Br)s2)n1. The third kappa shape index (κ3) is 2.98. The number of hydrogen-bond acceptors (Lipinski definition) is 4. The van der Waals surface area contributed by atoms with E-state index in [1.807, 2.05) is 0 Å². The molecule has 2 rings (SSSR count). The highest BCUT2D eigenvalue weighted by atomic mass is 79.9. The summed E-state index contributed by atoms with van der Waals surface area (Å²) in [6.07, 6.45) is 0. The van der Waals surface area contributed by atoms with Crippen LogP contribution in [0, 0.1) is 0 Å². The van der Waals surface area contributed by atoms with E-state index in [1.54, 1.807) is 22.7 Å².